The van der Waals surface area contributed by atoms with Gasteiger partial charge in [-0.15, -0.1) is 5.10 Å². The van der Waals surface area contributed by atoms with Crippen molar-refractivity contribution in [1.82, 2.24) is 19.9 Å². The highest BCUT2D eigenvalue weighted by molar-refractivity contribution is 5.88. The largest absolute Gasteiger partial charge is 0.461 e. The summed E-state index contributed by atoms with van der Waals surface area (Å²) in [6.07, 6.45) is 0.972. The third-order valence-corrected chi connectivity index (χ3v) is 2.43. The summed E-state index contributed by atoms with van der Waals surface area (Å²) >= 11 is 0. The van der Waals surface area contributed by atoms with Crippen molar-refractivity contribution in [2.45, 2.75) is 26.8 Å². The fraction of sp³-hybridized carbons (Fsp3) is 0.727. The number of rotatable bonds is 6. The van der Waals surface area contributed by atoms with Crippen LogP contribution in [0.2, 0.25) is 0 Å². The minimum absolute atomic E-state index is 0.316. The Hall–Kier alpha value is -1.43. The topological polar surface area (TPSA) is 60.2 Å². The fourth-order valence-electron chi connectivity index (χ4n) is 1.50. The van der Waals surface area contributed by atoms with Crippen LogP contribution in [0.5, 0.6) is 0 Å². The molecule has 0 fully saturated rings. The molecule has 0 unspecified atom stereocenters. The molecule has 1 heterocycles. The highest BCUT2D eigenvalue weighted by Gasteiger charge is 2.16. The third-order valence-electron chi connectivity index (χ3n) is 2.43. The third kappa shape index (κ3) is 3.81. The first-order chi connectivity index (χ1) is 8.06. The van der Waals surface area contributed by atoms with E-state index in [-0.39, 0.29) is 0 Å². The summed E-state index contributed by atoms with van der Waals surface area (Å²) in [5, 5.41) is 7.82. The molecule has 96 valence electrons. The van der Waals surface area contributed by atoms with Crippen LogP contribution in [0, 0.1) is 6.92 Å². The number of aromatic nitrogens is 3. The Morgan fingerprint density at radius 2 is 2.18 bits per heavy atom. The average Bonchev–Trinajstić information content (AvgIpc) is 2.60. The Morgan fingerprint density at radius 3 is 2.76 bits per heavy atom. The highest BCUT2D eigenvalue weighted by Crippen LogP contribution is 2.06. The van der Waals surface area contributed by atoms with E-state index in [1.165, 1.54) is 0 Å². The van der Waals surface area contributed by atoms with Crippen LogP contribution in [0.3, 0.4) is 0 Å². The Morgan fingerprint density at radius 1 is 1.47 bits per heavy atom. The first-order valence-electron chi connectivity index (χ1n) is 5.78. The molecule has 1 rings (SSSR count). The van der Waals surface area contributed by atoms with E-state index in [9.17, 15) is 4.79 Å². The molecule has 0 aliphatic carbocycles. The zero-order chi connectivity index (χ0) is 12.8. The molecule has 0 aromatic carbocycles. The number of ether oxygens (including phenoxy) is 1. The van der Waals surface area contributed by atoms with Gasteiger partial charge in [0.2, 0.25) is 0 Å². The van der Waals surface area contributed by atoms with E-state index in [1.807, 2.05) is 21.0 Å². The zero-order valence-electron chi connectivity index (χ0n) is 10.9. The number of carbonyl (C=O) groups excluding carboxylic acids is 1. The van der Waals surface area contributed by atoms with Crippen LogP contribution in [-0.2, 0) is 11.3 Å². The van der Waals surface area contributed by atoms with Gasteiger partial charge >= 0.3 is 5.97 Å². The fourth-order valence-corrected chi connectivity index (χ4v) is 1.50. The van der Waals surface area contributed by atoms with Crippen LogP contribution in [-0.4, -0.2) is 53.1 Å². The van der Waals surface area contributed by atoms with Gasteiger partial charge in [-0.25, -0.2) is 9.48 Å². The van der Waals surface area contributed by atoms with Crippen molar-refractivity contribution in [3.8, 4) is 0 Å². The number of esters is 1. The van der Waals surface area contributed by atoms with Gasteiger partial charge in [-0.1, -0.05) is 5.21 Å². The first kappa shape index (κ1) is 13.6. The van der Waals surface area contributed by atoms with Crippen molar-refractivity contribution in [1.29, 1.82) is 0 Å². The molecular weight excluding hydrogens is 220 g/mol. The molecule has 0 radical (unpaired) electrons. The van der Waals surface area contributed by atoms with Crippen LogP contribution in [0.25, 0.3) is 0 Å². The van der Waals surface area contributed by atoms with E-state index in [0.29, 0.717) is 12.3 Å². The molecule has 0 aliphatic rings. The summed E-state index contributed by atoms with van der Waals surface area (Å²) in [5.41, 5.74) is 1.08. The van der Waals surface area contributed by atoms with Crippen molar-refractivity contribution in [2.75, 3.05) is 27.2 Å². The minimum Gasteiger partial charge on any atom is -0.461 e. The van der Waals surface area contributed by atoms with Gasteiger partial charge in [0.1, 0.15) is 0 Å². The molecule has 0 saturated carbocycles. The van der Waals surface area contributed by atoms with Crippen molar-refractivity contribution >= 4 is 5.97 Å². The Bertz CT molecular complexity index is 374. The predicted molar refractivity (Wildman–Crippen MR) is 63.9 cm³/mol. The number of hydrogen-bond acceptors (Lipinski definition) is 5. The van der Waals surface area contributed by atoms with E-state index >= 15 is 0 Å². The molecule has 0 aliphatic heterocycles. The zero-order valence-corrected chi connectivity index (χ0v) is 10.9. The average molecular weight is 240 g/mol. The van der Waals surface area contributed by atoms with E-state index in [2.05, 4.69) is 15.2 Å². The van der Waals surface area contributed by atoms with Crippen molar-refractivity contribution in [3.63, 3.8) is 0 Å². The van der Waals surface area contributed by atoms with E-state index in [0.717, 1.165) is 25.2 Å². The number of aryl methyl sites for hydroxylation is 1. The summed E-state index contributed by atoms with van der Waals surface area (Å²) < 4.78 is 6.65. The van der Waals surface area contributed by atoms with Gasteiger partial charge in [0.05, 0.1) is 12.3 Å². The molecule has 0 spiro atoms. The summed E-state index contributed by atoms with van der Waals surface area (Å²) in [6, 6.07) is 0. The van der Waals surface area contributed by atoms with Crippen LogP contribution in [0.4, 0.5) is 0 Å². The molecule has 0 saturated heterocycles. The van der Waals surface area contributed by atoms with E-state index < -0.39 is 5.97 Å². The maximum atomic E-state index is 11.5. The van der Waals surface area contributed by atoms with Gasteiger partial charge in [-0.3, -0.25) is 0 Å². The SMILES string of the molecule is CCOC(=O)c1nnn(CCCN(C)C)c1C. The lowest BCUT2D eigenvalue weighted by molar-refractivity contribution is 0.0518. The standard InChI is InChI=1S/C11H20N4O2/c1-5-17-11(16)10-9(2)15(13-12-10)8-6-7-14(3)4/h5-8H2,1-4H3. The lowest BCUT2D eigenvalue weighted by Crippen LogP contribution is -2.16. The Kier molecular flexibility index (Phi) is 5.09. The second kappa shape index (κ2) is 6.34. The predicted octanol–water partition coefficient (Wildman–Crippen LogP) is 0.715. The molecule has 17 heavy (non-hydrogen) atoms. The van der Waals surface area contributed by atoms with Gasteiger partial charge in [-0.05, 0) is 40.9 Å². The van der Waals surface area contributed by atoms with E-state index in [1.54, 1.807) is 11.6 Å². The van der Waals surface area contributed by atoms with Crippen molar-refractivity contribution in [3.05, 3.63) is 11.4 Å². The highest BCUT2D eigenvalue weighted by atomic mass is 16.5. The normalized spacial score (nSPS) is 10.9. The molecule has 1 aromatic rings. The molecular formula is C11H20N4O2. The maximum Gasteiger partial charge on any atom is 0.360 e. The molecule has 6 nitrogen and oxygen atoms in total. The molecule has 6 heteroatoms. The Balaban J connectivity index is 2.61. The number of carbonyl (C=O) groups is 1. The molecule has 0 amide bonds. The van der Waals surface area contributed by atoms with Crippen LogP contribution in [0.1, 0.15) is 29.5 Å². The minimum atomic E-state index is -0.399. The lowest BCUT2D eigenvalue weighted by Gasteiger charge is -2.09. The molecule has 0 bridgehead atoms. The second-order valence-electron chi connectivity index (χ2n) is 4.12. The molecule has 0 atom stereocenters. The quantitative estimate of drug-likeness (QED) is 0.685. The first-order valence-corrected chi connectivity index (χ1v) is 5.78. The maximum absolute atomic E-state index is 11.5. The van der Waals surface area contributed by atoms with Gasteiger partial charge in [0.15, 0.2) is 5.69 Å². The second-order valence-corrected chi connectivity index (χ2v) is 4.12. The van der Waals surface area contributed by atoms with Crippen LogP contribution < -0.4 is 0 Å². The lowest BCUT2D eigenvalue weighted by atomic mass is 10.3. The van der Waals surface area contributed by atoms with Crippen molar-refractivity contribution < 1.29 is 9.53 Å². The summed E-state index contributed by atoms with van der Waals surface area (Å²) in [5.74, 6) is -0.399. The summed E-state index contributed by atoms with van der Waals surface area (Å²) in [6.45, 7) is 5.70. The van der Waals surface area contributed by atoms with Crippen molar-refractivity contribution in [2.24, 2.45) is 0 Å². The Labute approximate surface area is 102 Å². The van der Waals surface area contributed by atoms with Gasteiger partial charge in [0, 0.05) is 6.54 Å². The molecule has 0 N–H and O–H groups in total. The molecule has 1 aromatic heterocycles. The summed E-state index contributed by atoms with van der Waals surface area (Å²) in [7, 11) is 4.05. The monoisotopic (exact) mass is 240 g/mol. The van der Waals surface area contributed by atoms with Gasteiger partial charge in [0.25, 0.3) is 0 Å². The number of nitrogens with zero attached hydrogens (tertiary/aromatic N) is 4. The van der Waals surface area contributed by atoms with Gasteiger partial charge < -0.3 is 9.64 Å². The smallest absolute Gasteiger partial charge is 0.360 e. The van der Waals surface area contributed by atoms with Crippen LogP contribution in [0.15, 0.2) is 0 Å². The summed E-state index contributed by atoms with van der Waals surface area (Å²) in [4.78, 5) is 13.6. The van der Waals surface area contributed by atoms with Crippen LogP contribution >= 0.6 is 0 Å². The van der Waals surface area contributed by atoms with E-state index in [4.69, 9.17) is 4.74 Å². The van der Waals surface area contributed by atoms with Gasteiger partial charge in [-0.2, -0.15) is 0 Å². The number of hydrogen-bond donors (Lipinski definition) is 0.